The number of anilines is 2. The molecule has 0 aliphatic carbocycles. The molecule has 1 aromatic heterocycles. The number of rotatable bonds is 1. The van der Waals surface area contributed by atoms with E-state index in [2.05, 4.69) is 21.8 Å². The fourth-order valence-electron chi connectivity index (χ4n) is 2.13. The molecule has 1 atom stereocenters. The van der Waals surface area contributed by atoms with Crippen molar-refractivity contribution in [3.05, 3.63) is 11.9 Å². The molecule has 0 unspecified atom stereocenters. The van der Waals surface area contributed by atoms with Crippen LogP contribution in [0.5, 0.6) is 0 Å². The molecule has 82 valence electrons. The summed E-state index contributed by atoms with van der Waals surface area (Å²) in [5, 5.41) is 0. The fraction of sp³-hybridized carbons (Fsp3) is 0.636. The van der Waals surface area contributed by atoms with E-state index in [0.717, 1.165) is 30.6 Å². The van der Waals surface area contributed by atoms with E-state index < -0.39 is 0 Å². The topological polar surface area (TPSA) is 55.0 Å². The molecule has 15 heavy (non-hydrogen) atoms. The maximum atomic E-state index is 5.72. The number of nitrogens with two attached hydrogens (primary N) is 1. The van der Waals surface area contributed by atoms with Gasteiger partial charge in [0.2, 0.25) is 0 Å². The molecular formula is C11H18N4. The molecule has 2 rings (SSSR count). The van der Waals surface area contributed by atoms with Crippen molar-refractivity contribution in [3.63, 3.8) is 0 Å². The Balaban J connectivity index is 2.20. The van der Waals surface area contributed by atoms with Crippen molar-refractivity contribution in [1.82, 2.24) is 9.97 Å². The first-order valence-electron chi connectivity index (χ1n) is 5.51. The summed E-state index contributed by atoms with van der Waals surface area (Å²) in [4.78, 5) is 10.8. The summed E-state index contributed by atoms with van der Waals surface area (Å²) in [7, 11) is 0. The molecule has 1 aliphatic heterocycles. The Morgan fingerprint density at radius 2 is 2.27 bits per heavy atom. The van der Waals surface area contributed by atoms with E-state index in [4.69, 9.17) is 5.73 Å². The van der Waals surface area contributed by atoms with Gasteiger partial charge in [-0.1, -0.05) is 6.92 Å². The Bertz CT molecular complexity index is 330. The van der Waals surface area contributed by atoms with Gasteiger partial charge in [-0.05, 0) is 25.7 Å². The number of aromatic nitrogens is 2. The minimum atomic E-state index is 0.565. The van der Waals surface area contributed by atoms with Crippen LogP contribution in [0.2, 0.25) is 0 Å². The van der Waals surface area contributed by atoms with Crippen LogP contribution >= 0.6 is 0 Å². The molecule has 1 fully saturated rings. The minimum Gasteiger partial charge on any atom is -0.384 e. The van der Waals surface area contributed by atoms with Gasteiger partial charge in [0.1, 0.15) is 17.5 Å². The summed E-state index contributed by atoms with van der Waals surface area (Å²) in [6.45, 7) is 6.33. The highest BCUT2D eigenvalue weighted by Crippen LogP contribution is 2.22. The van der Waals surface area contributed by atoms with Crippen molar-refractivity contribution in [2.45, 2.75) is 26.7 Å². The molecule has 1 saturated heterocycles. The van der Waals surface area contributed by atoms with E-state index in [1.807, 2.05) is 13.0 Å². The number of hydrogen-bond acceptors (Lipinski definition) is 4. The zero-order valence-electron chi connectivity index (χ0n) is 9.40. The van der Waals surface area contributed by atoms with Crippen LogP contribution in [0, 0.1) is 12.8 Å². The molecule has 2 heterocycles. The Kier molecular flexibility index (Phi) is 2.75. The summed E-state index contributed by atoms with van der Waals surface area (Å²) in [6, 6.07) is 1.87. The molecule has 1 aromatic rings. The Morgan fingerprint density at radius 1 is 1.47 bits per heavy atom. The van der Waals surface area contributed by atoms with Crippen molar-refractivity contribution in [1.29, 1.82) is 0 Å². The van der Waals surface area contributed by atoms with Crippen LogP contribution in [-0.4, -0.2) is 23.1 Å². The SMILES string of the molecule is Cc1nc(N)cc(N2CCC[C@@H](C)C2)n1. The van der Waals surface area contributed by atoms with Gasteiger partial charge in [-0.25, -0.2) is 9.97 Å². The third kappa shape index (κ3) is 2.37. The van der Waals surface area contributed by atoms with Gasteiger partial charge < -0.3 is 10.6 Å². The molecule has 0 amide bonds. The molecule has 0 saturated carbocycles. The van der Waals surface area contributed by atoms with Crippen molar-refractivity contribution >= 4 is 11.6 Å². The highest BCUT2D eigenvalue weighted by Gasteiger charge is 2.17. The largest absolute Gasteiger partial charge is 0.384 e. The Morgan fingerprint density at radius 3 is 2.93 bits per heavy atom. The van der Waals surface area contributed by atoms with E-state index in [0.29, 0.717) is 5.82 Å². The number of nitrogens with zero attached hydrogens (tertiary/aromatic N) is 3. The lowest BCUT2D eigenvalue weighted by Gasteiger charge is -2.31. The van der Waals surface area contributed by atoms with Gasteiger partial charge in [-0.3, -0.25) is 0 Å². The fourth-order valence-corrected chi connectivity index (χ4v) is 2.13. The first-order chi connectivity index (χ1) is 7.15. The summed E-state index contributed by atoms with van der Waals surface area (Å²) >= 11 is 0. The zero-order valence-corrected chi connectivity index (χ0v) is 9.40. The quantitative estimate of drug-likeness (QED) is 0.758. The number of piperidine rings is 1. The molecule has 4 heteroatoms. The second-order valence-electron chi connectivity index (χ2n) is 4.39. The van der Waals surface area contributed by atoms with Gasteiger partial charge in [0.15, 0.2) is 0 Å². The summed E-state index contributed by atoms with van der Waals surface area (Å²) in [6.07, 6.45) is 2.56. The third-order valence-electron chi connectivity index (χ3n) is 2.83. The minimum absolute atomic E-state index is 0.565. The van der Waals surface area contributed by atoms with Crippen molar-refractivity contribution in [3.8, 4) is 0 Å². The van der Waals surface area contributed by atoms with E-state index in [9.17, 15) is 0 Å². The Hall–Kier alpha value is -1.32. The third-order valence-corrected chi connectivity index (χ3v) is 2.83. The number of hydrogen-bond donors (Lipinski definition) is 1. The normalized spacial score (nSPS) is 21.7. The average molecular weight is 206 g/mol. The van der Waals surface area contributed by atoms with Gasteiger partial charge >= 0.3 is 0 Å². The number of nitrogen functional groups attached to an aromatic ring is 1. The van der Waals surface area contributed by atoms with Gasteiger partial charge in [-0.15, -0.1) is 0 Å². The van der Waals surface area contributed by atoms with Crippen LogP contribution in [0.1, 0.15) is 25.6 Å². The second-order valence-corrected chi connectivity index (χ2v) is 4.39. The first kappa shape index (κ1) is 10.2. The van der Waals surface area contributed by atoms with Crippen LogP contribution in [0.15, 0.2) is 6.07 Å². The standard InChI is InChI=1S/C11H18N4/c1-8-4-3-5-15(7-8)11-6-10(12)13-9(2)14-11/h6,8H,3-5,7H2,1-2H3,(H2,12,13,14)/t8-/m1/s1. The maximum Gasteiger partial charge on any atom is 0.134 e. The molecule has 0 radical (unpaired) electrons. The van der Waals surface area contributed by atoms with Gasteiger partial charge in [0.05, 0.1) is 0 Å². The number of aryl methyl sites for hydroxylation is 1. The summed E-state index contributed by atoms with van der Waals surface area (Å²) in [5.74, 6) is 3.04. The summed E-state index contributed by atoms with van der Waals surface area (Å²) < 4.78 is 0. The van der Waals surface area contributed by atoms with Crippen LogP contribution < -0.4 is 10.6 Å². The molecule has 1 aliphatic rings. The smallest absolute Gasteiger partial charge is 0.134 e. The molecule has 0 spiro atoms. The maximum absolute atomic E-state index is 5.72. The van der Waals surface area contributed by atoms with Gasteiger partial charge in [0, 0.05) is 19.2 Å². The van der Waals surface area contributed by atoms with Crippen LogP contribution in [0.3, 0.4) is 0 Å². The molecule has 0 aromatic carbocycles. The van der Waals surface area contributed by atoms with E-state index >= 15 is 0 Å². The van der Waals surface area contributed by atoms with Crippen molar-refractivity contribution in [2.24, 2.45) is 5.92 Å². The Labute approximate surface area is 90.5 Å². The van der Waals surface area contributed by atoms with Crippen molar-refractivity contribution < 1.29 is 0 Å². The monoisotopic (exact) mass is 206 g/mol. The lowest BCUT2D eigenvalue weighted by atomic mass is 10.0. The molecular weight excluding hydrogens is 188 g/mol. The van der Waals surface area contributed by atoms with E-state index in [1.165, 1.54) is 12.8 Å². The molecule has 4 nitrogen and oxygen atoms in total. The van der Waals surface area contributed by atoms with Gasteiger partial charge in [-0.2, -0.15) is 0 Å². The van der Waals surface area contributed by atoms with E-state index in [1.54, 1.807) is 0 Å². The van der Waals surface area contributed by atoms with Crippen LogP contribution in [-0.2, 0) is 0 Å². The van der Waals surface area contributed by atoms with Crippen LogP contribution in [0.25, 0.3) is 0 Å². The van der Waals surface area contributed by atoms with Crippen LogP contribution in [0.4, 0.5) is 11.6 Å². The van der Waals surface area contributed by atoms with Crippen molar-refractivity contribution in [2.75, 3.05) is 23.7 Å². The predicted molar refractivity (Wildman–Crippen MR) is 61.8 cm³/mol. The molecule has 0 bridgehead atoms. The average Bonchev–Trinajstić information content (AvgIpc) is 2.16. The predicted octanol–water partition coefficient (Wildman–Crippen LogP) is 1.60. The zero-order chi connectivity index (χ0) is 10.8. The highest BCUT2D eigenvalue weighted by atomic mass is 15.2. The van der Waals surface area contributed by atoms with E-state index in [-0.39, 0.29) is 0 Å². The van der Waals surface area contributed by atoms with Gasteiger partial charge in [0.25, 0.3) is 0 Å². The summed E-state index contributed by atoms with van der Waals surface area (Å²) in [5.41, 5.74) is 5.72. The lowest BCUT2D eigenvalue weighted by molar-refractivity contribution is 0.444. The second kappa shape index (κ2) is 4.04. The molecule has 2 N–H and O–H groups in total. The lowest BCUT2D eigenvalue weighted by Crippen LogP contribution is -2.35. The highest BCUT2D eigenvalue weighted by molar-refractivity contribution is 5.47. The first-order valence-corrected chi connectivity index (χ1v) is 5.51.